The summed E-state index contributed by atoms with van der Waals surface area (Å²) >= 11 is 7.47. The highest BCUT2D eigenvalue weighted by Crippen LogP contribution is 2.20. The summed E-state index contributed by atoms with van der Waals surface area (Å²) in [6.45, 7) is 0.990. The molecule has 0 spiro atoms. The van der Waals surface area contributed by atoms with Gasteiger partial charge in [0.2, 0.25) is 5.91 Å². The summed E-state index contributed by atoms with van der Waals surface area (Å²) in [5.74, 6) is 0.881. The molecule has 5 heteroatoms. The molecule has 112 valence electrons. The molecule has 0 heterocycles. The van der Waals surface area contributed by atoms with Gasteiger partial charge in [-0.15, -0.1) is 11.8 Å². The lowest BCUT2D eigenvalue weighted by atomic mass is 10.2. The van der Waals surface area contributed by atoms with Crippen molar-refractivity contribution in [2.45, 2.75) is 37.0 Å². The van der Waals surface area contributed by atoms with Gasteiger partial charge < -0.3 is 10.4 Å². The molecule has 0 saturated heterocycles. The highest BCUT2D eigenvalue weighted by Gasteiger charge is 2.01. The molecule has 2 N–H and O–H groups in total. The molecule has 1 aromatic carbocycles. The Kier molecular flexibility index (Phi) is 9.54. The molecular weight excluding hydrogens is 294 g/mol. The first-order chi connectivity index (χ1) is 9.72. The fraction of sp³-hybridized carbons (Fsp3) is 0.533. The molecule has 0 bridgehead atoms. The van der Waals surface area contributed by atoms with E-state index in [0.717, 1.165) is 47.9 Å². The number of nitrogens with one attached hydrogen (secondary N) is 1. The first-order valence-electron chi connectivity index (χ1n) is 6.98. The zero-order valence-corrected chi connectivity index (χ0v) is 13.2. The van der Waals surface area contributed by atoms with Crippen molar-refractivity contribution >= 4 is 29.3 Å². The van der Waals surface area contributed by atoms with Crippen molar-refractivity contribution in [2.75, 3.05) is 18.9 Å². The minimum atomic E-state index is 0.105. The Bertz CT molecular complexity index is 384. The van der Waals surface area contributed by atoms with Gasteiger partial charge in [0, 0.05) is 35.2 Å². The summed E-state index contributed by atoms with van der Waals surface area (Å²) < 4.78 is 0. The molecule has 0 radical (unpaired) electrons. The van der Waals surface area contributed by atoms with E-state index in [1.807, 2.05) is 24.3 Å². The second kappa shape index (κ2) is 11.0. The zero-order chi connectivity index (χ0) is 14.6. The fourth-order valence-corrected chi connectivity index (χ4v) is 2.68. The summed E-state index contributed by atoms with van der Waals surface area (Å²) in [7, 11) is 0. The lowest BCUT2D eigenvalue weighted by Gasteiger charge is -2.05. The Balaban J connectivity index is 2.01. The van der Waals surface area contributed by atoms with Crippen molar-refractivity contribution < 1.29 is 9.90 Å². The van der Waals surface area contributed by atoms with Crippen LogP contribution in [0.2, 0.25) is 5.02 Å². The van der Waals surface area contributed by atoms with Crippen molar-refractivity contribution in [3.8, 4) is 0 Å². The average Bonchev–Trinajstić information content (AvgIpc) is 2.45. The molecular formula is C15H22ClNO2S. The Morgan fingerprint density at radius 3 is 2.55 bits per heavy atom. The molecule has 0 saturated carbocycles. The topological polar surface area (TPSA) is 49.3 Å². The molecule has 3 nitrogen and oxygen atoms in total. The summed E-state index contributed by atoms with van der Waals surface area (Å²) in [5, 5.41) is 12.3. The molecule has 0 aliphatic heterocycles. The van der Waals surface area contributed by atoms with E-state index in [0.29, 0.717) is 6.42 Å². The van der Waals surface area contributed by atoms with E-state index >= 15 is 0 Å². The van der Waals surface area contributed by atoms with Gasteiger partial charge in [-0.2, -0.15) is 0 Å². The number of carbonyl (C=O) groups is 1. The monoisotopic (exact) mass is 315 g/mol. The highest BCUT2D eigenvalue weighted by molar-refractivity contribution is 7.99. The van der Waals surface area contributed by atoms with Gasteiger partial charge in [-0.1, -0.05) is 24.4 Å². The minimum absolute atomic E-state index is 0.105. The van der Waals surface area contributed by atoms with Crippen LogP contribution in [-0.2, 0) is 4.79 Å². The number of unbranched alkanes of at least 4 members (excludes halogenated alkanes) is 3. The maximum absolute atomic E-state index is 11.6. The smallest absolute Gasteiger partial charge is 0.220 e. The maximum atomic E-state index is 11.6. The zero-order valence-electron chi connectivity index (χ0n) is 11.6. The molecule has 0 fully saturated rings. The summed E-state index contributed by atoms with van der Waals surface area (Å²) in [6.07, 6.45) is 4.45. The number of thioether (sulfide) groups is 1. The van der Waals surface area contributed by atoms with Crippen molar-refractivity contribution in [1.29, 1.82) is 0 Å². The van der Waals surface area contributed by atoms with Gasteiger partial charge in [0.1, 0.15) is 0 Å². The highest BCUT2D eigenvalue weighted by atomic mass is 35.5. The van der Waals surface area contributed by atoms with Crippen molar-refractivity contribution in [2.24, 2.45) is 0 Å². The largest absolute Gasteiger partial charge is 0.396 e. The van der Waals surface area contributed by atoms with Crippen molar-refractivity contribution in [3.63, 3.8) is 0 Å². The van der Waals surface area contributed by atoms with Crippen molar-refractivity contribution in [1.82, 2.24) is 5.32 Å². The van der Waals surface area contributed by atoms with Crippen LogP contribution in [0.3, 0.4) is 0 Å². The Labute approximate surface area is 130 Å². The number of halogens is 1. The molecule has 1 rings (SSSR count). The van der Waals surface area contributed by atoms with Gasteiger partial charge in [0.05, 0.1) is 0 Å². The van der Waals surface area contributed by atoms with Crippen LogP contribution in [0.25, 0.3) is 0 Å². The van der Waals surface area contributed by atoms with Gasteiger partial charge in [-0.3, -0.25) is 4.79 Å². The van der Waals surface area contributed by atoms with Gasteiger partial charge >= 0.3 is 0 Å². The number of aliphatic hydroxyl groups excluding tert-OH is 1. The van der Waals surface area contributed by atoms with E-state index in [-0.39, 0.29) is 12.5 Å². The normalized spacial score (nSPS) is 10.5. The molecule has 0 aliphatic carbocycles. The third kappa shape index (κ3) is 8.46. The van der Waals surface area contributed by atoms with Gasteiger partial charge in [0.25, 0.3) is 0 Å². The molecule has 0 atom stereocenters. The van der Waals surface area contributed by atoms with Gasteiger partial charge in [-0.25, -0.2) is 0 Å². The van der Waals surface area contributed by atoms with Crippen LogP contribution >= 0.6 is 23.4 Å². The van der Waals surface area contributed by atoms with Gasteiger partial charge in [0.15, 0.2) is 0 Å². The lowest BCUT2D eigenvalue weighted by molar-refractivity contribution is -0.120. The maximum Gasteiger partial charge on any atom is 0.220 e. The second-order valence-corrected chi connectivity index (χ2v) is 6.14. The predicted octanol–water partition coefficient (Wildman–Crippen LogP) is 3.49. The third-order valence-electron chi connectivity index (χ3n) is 2.82. The molecule has 0 unspecified atom stereocenters. The van der Waals surface area contributed by atoms with E-state index in [1.165, 1.54) is 0 Å². The molecule has 20 heavy (non-hydrogen) atoms. The van der Waals surface area contributed by atoms with Crippen molar-refractivity contribution in [3.05, 3.63) is 29.3 Å². The van der Waals surface area contributed by atoms with E-state index in [4.69, 9.17) is 16.7 Å². The number of hydrogen-bond acceptors (Lipinski definition) is 3. The first-order valence-corrected chi connectivity index (χ1v) is 8.34. The quantitative estimate of drug-likeness (QED) is 0.513. The number of aliphatic hydroxyl groups is 1. The Morgan fingerprint density at radius 2 is 1.85 bits per heavy atom. The molecule has 1 aromatic rings. The predicted molar refractivity (Wildman–Crippen MR) is 85.4 cm³/mol. The standard InChI is InChI=1S/C15H22ClNO2S/c16-13-5-7-14(8-6-13)20-12-9-15(19)17-10-3-1-2-4-11-18/h5-8,18H,1-4,9-12H2,(H,17,19). The average molecular weight is 316 g/mol. The summed E-state index contributed by atoms with van der Waals surface area (Å²) in [4.78, 5) is 12.7. The van der Waals surface area contributed by atoms with E-state index in [1.54, 1.807) is 11.8 Å². The summed E-state index contributed by atoms with van der Waals surface area (Å²) in [6, 6.07) is 7.64. The van der Waals surface area contributed by atoms with Crippen LogP contribution in [0.4, 0.5) is 0 Å². The van der Waals surface area contributed by atoms with E-state index < -0.39 is 0 Å². The number of amides is 1. The number of benzene rings is 1. The van der Waals surface area contributed by atoms with Crippen LogP contribution in [0.1, 0.15) is 32.1 Å². The number of hydrogen-bond donors (Lipinski definition) is 2. The number of rotatable bonds is 10. The third-order valence-corrected chi connectivity index (χ3v) is 4.08. The van der Waals surface area contributed by atoms with Crippen LogP contribution < -0.4 is 5.32 Å². The first kappa shape index (κ1) is 17.3. The number of carbonyl (C=O) groups excluding carboxylic acids is 1. The summed E-state index contributed by atoms with van der Waals surface area (Å²) in [5.41, 5.74) is 0. The molecule has 1 amide bonds. The SMILES string of the molecule is O=C(CCSc1ccc(Cl)cc1)NCCCCCCO. The minimum Gasteiger partial charge on any atom is -0.396 e. The Hall–Kier alpha value is -0.710. The second-order valence-electron chi connectivity index (χ2n) is 4.54. The van der Waals surface area contributed by atoms with E-state index in [9.17, 15) is 4.79 Å². The molecule has 0 aliphatic rings. The van der Waals surface area contributed by atoms with Crippen LogP contribution in [0.15, 0.2) is 29.2 Å². The van der Waals surface area contributed by atoms with Crippen LogP contribution in [0, 0.1) is 0 Å². The lowest BCUT2D eigenvalue weighted by Crippen LogP contribution is -2.24. The fourth-order valence-electron chi connectivity index (χ4n) is 1.70. The Morgan fingerprint density at radius 1 is 1.15 bits per heavy atom. The van der Waals surface area contributed by atoms with Gasteiger partial charge in [-0.05, 0) is 37.1 Å². The molecule has 0 aromatic heterocycles. The van der Waals surface area contributed by atoms with Crippen LogP contribution in [-0.4, -0.2) is 29.9 Å². The van der Waals surface area contributed by atoms with Crippen LogP contribution in [0.5, 0.6) is 0 Å². The van der Waals surface area contributed by atoms with E-state index in [2.05, 4.69) is 5.32 Å².